The lowest BCUT2D eigenvalue weighted by Crippen LogP contribution is -2.11. The molecule has 1 aromatic carbocycles. The van der Waals surface area contributed by atoms with E-state index in [0.29, 0.717) is 27.2 Å². The molecule has 8 nitrogen and oxygen atoms in total. The van der Waals surface area contributed by atoms with Crippen molar-refractivity contribution < 1.29 is 14.3 Å². The second kappa shape index (κ2) is 8.17. The number of hydrogen-bond donors (Lipinski definition) is 3. The van der Waals surface area contributed by atoms with Gasteiger partial charge in [0.1, 0.15) is 0 Å². The van der Waals surface area contributed by atoms with E-state index in [1.54, 1.807) is 18.2 Å². The number of benzene rings is 1. The fourth-order valence-electron chi connectivity index (χ4n) is 2.54. The maximum absolute atomic E-state index is 12.9. The van der Waals surface area contributed by atoms with E-state index in [-0.39, 0.29) is 11.7 Å². The molecule has 142 valence electrons. The number of carbonyl (C=O) groups excluding carboxylic acids is 2. The molecule has 0 fully saturated rings. The van der Waals surface area contributed by atoms with Gasteiger partial charge in [-0.25, -0.2) is 14.8 Å². The van der Waals surface area contributed by atoms with Gasteiger partial charge in [-0.2, -0.15) is 0 Å². The number of H-pyrrole nitrogens is 1. The minimum Gasteiger partial charge on any atom is -0.453 e. The van der Waals surface area contributed by atoms with Gasteiger partial charge in [-0.15, -0.1) is 0 Å². The highest BCUT2D eigenvalue weighted by Gasteiger charge is 2.18. The van der Waals surface area contributed by atoms with Gasteiger partial charge in [-0.3, -0.25) is 10.1 Å². The highest BCUT2D eigenvalue weighted by molar-refractivity contribution is 7.17. The largest absolute Gasteiger partial charge is 0.453 e. The Bertz CT molecular complexity index is 979. The number of thiazole rings is 1. The molecule has 9 heteroatoms. The first-order valence-electron chi connectivity index (χ1n) is 8.62. The SMILES string of the molecule is CCCCNc1nc(C)c(C(=O)c2ccc3nc(NC(=O)OC)[nH]c3c2)s1. The molecular weight excluding hydrogens is 366 g/mol. The van der Waals surface area contributed by atoms with Gasteiger partial charge in [-0.05, 0) is 31.5 Å². The molecule has 3 N–H and O–H groups in total. The van der Waals surface area contributed by atoms with Crippen LogP contribution in [-0.4, -0.2) is 40.5 Å². The van der Waals surface area contributed by atoms with Crippen LogP contribution >= 0.6 is 11.3 Å². The van der Waals surface area contributed by atoms with E-state index in [0.717, 1.165) is 24.5 Å². The molecule has 0 aliphatic carbocycles. The molecule has 0 bridgehead atoms. The molecule has 27 heavy (non-hydrogen) atoms. The Balaban J connectivity index is 1.82. The number of hydrogen-bond acceptors (Lipinski definition) is 7. The van der Waals surface area contributed by atoms with E-state index in [4.69, 9.17) is 0 Å². The highest BCUT2D eigenvalue weighted by Crippen LogP contribution is 2.26. The van der Waals surface area contributed by atoms with E-state index in [9.17, 15) is 9.59 Å². The van der Waals surface area contributed by atoms with Crippen LogP contribution in [0, 0.1) is 6.92 Å². The lowest BCUT2D eigenvalue weighted by Gasteiger charge is -2.00. The number of anilines is 2. The van der Waals surface area contributed by atoms with Crippen LogP contribution in [0.2, 0.25) is 0 Å². The number of methoxy groups -OCH3 is 1. The van der Waals surface area contributed by atoms with Gasteiger partial charge in [0.25, 0.3) is 0 Å². The molecule has 0 spiro atoms. The molecule has 2 heterocycles. The van der Waals surface area contributed by atoms with E-state index in [1.807, 2.05) is 6.92 Å². The Kier molecular flexibility index (Phi) is 5.70. The van der Waals surface area contributed by atoms with Gasteiger partial charge in [0, 0.05) is 12.1 Å². The number of imidazole rings is 1. The maximum atomic E-state index is 12.9. The Morgan fingerprint density at radius 1 is 1.30 bits per heavy atom. The number of nitrogens with zero attached hydrogens (tertiary/aromatic N) is 2. The number of aromatic amines is 1. The number of aromatic nitrogens is 3. The Labute approximate surface area is 160 Å². The maximum Gasteiger partial charge on any atom is 0.413 e. The number of ketones is 1. The van der Waals surface area contributed by atoms with E-state index >= 15 is 0 Å². The lowest BCUT2D eigenvalue weighted by molar-refractivity contribution is 0.104. The van der Waals surface area contributed by atoms with Gasteiger partial charge in [0.15, 0.2) is 5.13 Å². The number of fused-ring (bicyclic) bond motifs is 1. The molecule has 0 unspecified atom stereocenters. The first-order valence-corrected chi connectivity index (χ1v) is 9.44. The summed E-state index contributed by atoms with van der Waals surface area (Å²) in [5.74, 6) is 0.172. The van der Waals surface area contributed by atoms with Crippen molar-refractivity contribution in [1.82, 2.24) is 15.0 Å². The summed E-state index contributed by atoms with van der Waals surface area (Å²) in [6.07, 6.45) is 1.54. The van der Waals surface area contributed by atoms with Crippen molar-refractivity contribution >= 4 is 45.3 Å². The van der Waals surface area contributed by atoms with Gasteiger partial charge in [0.05, 0.1) is 28.7 Å². The Morgan fingerprint density at radius 2 is 2.11 bits per heavy atom. The number of aryl methyl sites for hydroxylation is 1. The number of unbranched alkanes of at least 4 members (excludes halogenated alkanes) is 1. The molecule has 0 saturated heterocycles. The minimum atomic E-state index is -0.617. The normalized spacial score (nSPS) is 10.8. The molecule has 1 amide bonds. The summed E-state index contributed by atoms with van der Waals surface area (Å²) >= 11 is 1.36. The number of rotatable bonds is 7. The van der Waals surface area contributed by atoms with E-state index < -0.39 is 6.09 Å². The first kappa shape index (κ1) is 18.8. The Hall–Kier alpha value is -2.94. The minimum absolute atomic E-state index is 0.0903. The monoisotopic (exact) mass is 387 g/mol. The molecule has 2 aromatic heterocycles. The average Bonchev–Trinajstić information content (AvgIpc) is 3.23. The molecule has 0 saturated carbocycles. The fourth-order valence-corrected chi connectivity index (χ4v) is 3.50. The first-order chi connectivity index (χ1) is 13.0. The van der Waals surface area contributed by atoms with Crippen molar-refractivity contribution in [3.63, 3.8) is 0 Å². The van der Waals surface area contributed by atoms with Crippen molar-refractivity contribution in [3.8, 4) is 0 Å². The zero-order chi connectivity index (χ0) is 19.4. The Morgan fingerprint density at radius 3 is 2.85 bits per heavy atom. The average molecular weight is 387 g/mol. The summed E-state index contributed by atoms with van der Waals surface area (Å²) in [5, 5.41) is 6.49. The number of nitrogens with one attached hydrogen (secondary N) is 3. The third-order valence-corrected chi connectivity index (χ3v) is 5.07. The van der Waals surface area contributed by atoms with Crippen LogP contribution in [0.1, 0.15) is 40.7 Å². The molecule has 0 atom stereocenters. The molecular formula is C18H21N5O3S. The summed E-state index contributed by atoms with van der Waals surface area (Å²) in [7, 11) is 1.28. The van der Waals surface area contributed by atoms with Gasteiger partial charge >= 0.3 is 6.09 Å². The van der Waals surface area contributed by atoms with Gasteiger partial charge in [-0.1, -0.05) is 24.7 Å². The zero-order valence-electron chi connectivity index (χ0n) is 15.4. The number of carbonyl (C=O) groups is 2. The van der Waals surface area contributed by atoms with Gasteiger partial charge in [0.2, 0.25) is 11.7 Å². The van der Waals surface area contributed by atoms with Crippen LogP contribution in [0.4, 0.5) is 15.9 Å². The summed E-state index contributed by atoms with van der Waals surface area (Å²) in [5.41, 5.74) is 2.53. The topological polar surface area (TPSA) is 109 Å². The van der Waals surface area contributed by atoms with Crippen molar-refractivity contribution in [1.29, 1.82) is 0 Å². The molecule has 3 rings (SSSR count). The summed E-state index contributed by atoms with van der Waals surface area (Å²) in [6, 6.07) is 5.17. The smallest absolute Gasteiger partial charge is 0.413 e. The quantitative estimate of drug-likeness (QED) is 0.418. The highest BCUT2D eigenvalue weighted by atomic mass is 32.1. The molecule has 0 aliphatic rings. The summed E-state index contributed by atoms with van der Waals surface area (Å²) in [6.45, 7) is 4.80. The zero-order valence-corrected chi connectivity index (χ0v) is 16.2. The van der Waals surface area contributed by atoms with E-state index in [1.165, 1.54) is 18.4 Å². The summed E-state index contributed by atoms with van der Waals surface area (Å²) < 4.78 is 4.54. The molecule has 0 aliphatic heterocycles. The second-order valence-corrected chi connectivity index (χ2v) is 6.98. The standard InChI is InChI=1S/C18H21N5O3S/c1-4-5-8-19-17-20-10(2)15(27-17)14(24)11-6-7-12-13(9-11)22-16(21-12)23-18(25)26-3/h6-7,9H,4-5,8H2,1-3H3,(H,19,20)(H2,21,22,23,25). The number of amides is 1. The molecule has 3 aromatic rings. The van der Waals surface area contributed by atoms with E-state index in [2.05, 4.69) is 37.2 Å². The predicted molar refractivity (Wildman–Crippen MR) is 106 cm³/mol. The van der Waals surface area contributed by atoms with Gasteiger partial charge < -0.3 is 15.0 Å². The third kappa shape index (κ3) is 4.25. The van der Waals surface area contributed by atoms with Crippen molar-refractivity contribution in [2.24, 2.45) is 0 Å². The fraction of sp³-hybridized carbons (Fsp3) is 0.333. The second-order valence-electron chi connectivity index (χ2n) is 5.98. The molecule has 0 radical (unpaired) electrons. The predicted octanol–water partition coefficient (Wildman–Crippen LogP) is 3.95. The van der Waals surface area contributed by atoms with Crippen LogP contribution in [0.3, 0.4) is 0 Å². The number of ether oxygens (including phenoxy) is 1. The van der Waals surface area contributed by atoms with Crippen molar-refractivity contribution in [2.45, 2.75) is 26.7 Å². The third-order valence-electron chi connectivity index (χ3n) is 3.96. The summed E-state index contributed by atoms with van der Waals surface area (Å²) in [4.78, 5) is 36.5. The van der Waals surface area contributed by atoms with Crippen LogP contribution in [0.5, 0.6) is 0 Å². The van der Waals surface area contributed by atoms with Crippen LogP contribution in [0.15, 0.2) is 18.2 Å². The van der Waals surface area contributed by atoms with Crippen LogP contribution in [-0.2, 0) is 4.74 Å². The van der Waals surface area contributed by atoms with Crippen LogP contribution < -0.4 is 10.6 Å². The van der Waals surface area contributed by atoms with Crippen molar-refractivity contribution in [3.05, 3.63) is 34.3 Å². The van der Waals surface area contributed by atoms with Crippen molar-refractivity contribution in [2.75, 3.05) is 24.3 Å². The van der Waals surface area contributed by atoms with Crippen LogP contribution in [0.25, 0.3) is 11.0 Å². The lowest BCUT2D eigenvalue weighted by atomic mass is 10.1.